The Morgan fingerprint density at radius 1 is 0.957 bits per heavy atom. The third-order valence-electron chi connectivity index (χ3n) is 7.92. The second-order valence-electron chi connectivity index (χ2n) is 11.4. The number of halogens is 2. The van der Waals surface area contributed by atoms with E-state index in [4.69, 9.17) is 46.9 Å². The first-order valence-corrected chi connectivity index (χ1v) is 16.4. The Kier molecular flexibility index (Phi) is 12.1. The van der Waals surface area contributed by atoms with Crippen LogP contribution in [0.1, 0.15) is 24.5 Å². The van der Waals surface area contributed by atoms with Crippen molar-refractivity contribution in [3.05, 3.63) is 107 Å². The van der Waals surface area contributed by atoms with Crippen LogP contribution in [0, 0.1) is 0 Å². The van der Waals surface area contributed by atoms with E-state index in [-0.39, 0.29) is 12.0 Å². The summed E-state index contributed by atoms with van der Waals surface area (Å²) in [6, 6.07) is 19.0. The van der Waals surface area contributed by atoms with Gasteiger partial charge in [-0.2, -0.15) is 0 Å². The predicted molar refractivity (Wildman–Crippen MR) is 185 cm³/mol. The minimum Gasteiger partial charge on any atom is -0.491 e. The number of ether oxygens (including phenoxy) is 5. The number of nitrogens with zero attached hydrogens (tertiary/aromatic N) is 2. The molecule has 0 unspecified atom stereocenters. The molecule has 0 bridgehead atoms. The van der Waals surface area contributed by atoms with Crippen LogP contribution in [0.4, 0.5) is 5.69 Å². The zero-order chi connectivity index (χ0) is 33.2. The molecule has 2 aliphatic heterocycles. The zero-order valence-electron chi connectivity index (χ0n) is 26.6. The van der Waals surface area contributed by atoms with Crippen LogP contribution in [0.3, 0.4) is 0 Å². The maximum absolute atomic E-state index is 12.7. The zero-order valence-corrected chi connectivity index (χ0v) is 28.1. The van der Waals surface area contributed by atoms with Crippen LogP contribution in [-0.2, 0) is 26.5 Å². The molecule has 250 valence electrons. The third kappa shape index (κ3) is 9.43. The summed E-state index contributed by atoms with van der Waals surface area (Å²) in [5, 5.41) is 3.04. The van der Waals surface area contributed by atoms with Crippen LogP contribution in [0.5, 0.6) is 17.2 Å². The van der Waals surface area contributed by atoms with Gasteiger partial charge in [0, 0.05) is 48.9 Å². The Morgan fingerprint density at radius 2 is 1.68 bits per heavy atom. The summed E-state index contributed by atoms with van der Waals surface area (Å²) in [5.74, 6) is 1.03. The molecular weight excluding hydrogens is 641 g/mol. The van der Waals surface area contributed by atoms with E-state index >= 15 is 0 Å². The first kappa shape index (κ1) is 34.6. The van der Waals surface area contributed by atoms with E-state index in [1.165, 1.54) is 0 Å². The highest BCUT2D eigenvalue weighted by Crippen LogP contribution is 2.39. The Bertz CT molecular complexity index is 1530. The summed E-state index contributed by atoms with van der Waals surface area (Å²) in [6.07, 6.45) is 4.07. The van der Waals surface area contributed by atoms with Gasteiger partial charge in [-0.25, -0.2) is 5.01 Å². The van der Waals surface area contributed by atoms with Gasteiger partial charge in [0.25, 0.3) is 0 Å². The molecule has 2 aliphatic rings. The van der Waals surface area contributed by atoms with Crippen molar-refractivity contribution < 1.29 is 28.5 Å². The summed E-state index contributed by atoms with van der Waals surface area (Å²) in [5.41, 5.74) is 5.88. The van der Waals surface area contributed by atoms with E-state index in [1.807, 2.05) is 60.5 Å². The van der Waals surface area contributed by atoms with Crippen molar-refractivity contribution in [1.82, 2.24) is 10.4 Å². The van der Waals surface area contributed by atoms with Gasteiger partial charge in [-0.05, 0) is 67.4 Å². The third-order valence-corrected chi connectivity index (χ3v) is 8.47. The van der Waals surface area contributed by atoms with Gasteiger partial charge in [0.2, 0.25) is 5.91 Å². The molecule has 1 N–H and O–H groups in total. The van der Waals surface area contributed by atoms with Crippen molar-refractivity contribution in [2.45, 2.75) is 31.7 Å². The molecule has 47 heavy (non-hydrogen) atoms. The molecule has 3 aromatic carbocycles. The molecule has 0 saturated carbocycles. The largest absolute Gasteiger partial charge is 0.491 e. The van der Waals surface area contributed by atoms with Crippen LogP contribution in [0.2, 0.25) is 10.0 Å². The number of carbonyl (C=O) groups excluding carboxylic acids is 1. The SMILES string of the molecule is C=CCOc1ccc(CCC(=O)NN2CCN(c3ccc(OC[C@@H]4CO[C@](C)(c5ccc(Cl)cc5Cl)O4)cc3)CC2)cc1OCC=C. The van der Waals surface area contributed by atoms with Crippen LogP contribution in [0.15, 0.2) is 86.0 Å². The number of piperazine rings is 1. The van der Waals surface area contributed by atoms with E-state index in [0.29, 0.717) is 73.9 Å². The number of amides is 1. The molecule has 2 heterocycles. The molecule has 5 rings (SSSR count). The average molecular weight is 683 g/mol. The van der Waals surface area contributed by atoms with E-state index in [2.05, 4.69) is 23.5 Å². The highest BCUT2D eigenvalue weighted by Gasteiger charge is 2.40. The van der Waals surface area contributed by atoms with Gasteiger partial charge in [0.1, 0.15) is 31.7 Å². The summed E-state index contributed by atoms with van der Waals surface area (Å²) >= 11 is 12.4. The number of hydrogen-bond acceptors (Lipinski definition) is 8. The number of anilines is 1. The van der Waals surface area contributed by atoms with Crippen molar-refractivity contribution in [2.75, 3.05) is 57.5 Å². The maximum atomic E-state index is 12.7. The molecule has 11 heteroatoms. The van der Waals surface area contributed by atoms with Gasteiger partial charge in [-0.15, -0.1) is 0 Å². The quantitative estimate of drug-likeness (QED) is 0.180. The lowest BCUT2D eigenvalue weighted by Crippen LogP contribution is -2.53. The molecule has 1 amide bonds. The maximum Gasteiger partial charge on any atom is 0.234 e. The predicted octanol–water partition coefficient (Wildman–Crippen LogP) is 6.58. The molecule has 3 aromatic rings. The van der Waals surface area contributed by atoms with Gasteiger partial charge < -0.3 is 28.6 Å². The van der Waals surface area contributed by atoms with Crippen LogP contribution >= 0.6 is 23.2 Å². The lowest BCUT2D eigenvalue weighted by molar-refractivity contribution is -0.164. The molecule has 2 fully saturated rings. The number of benzene rings is 3. The first-order valence-electron chi connectivity index (χ1n) is 15.7. The highest BCUT2D eigenvalue weighted by atomic mass is 35.5. The lowest BCUT2D eigenvalue weighted by Gasteiger charge is -2.36. The normalized spacial score (nSPS) is 19.6. The van der Waals surface area contributed by atoms with Crippen molar-refractivity contribution in [1.29, 1.82) is 0 Å². The van der Waals surface area contributed by atoms with E-state index < -0.39 is 5.79 Å². The molecular formula is C36H41Cl2N3O6. The average Bonchev–Trinajstić information content (AvgIpc) is 3.46. The highest BCUT2D eigenvalue weighted by molar-refractivity contribution is 6.35. The fourth-order valence-electron chi connectivity index (χ4n) is 5.47. The smallest absolute Gasteiger partial charge is 0.234 e. The number of hydrazine groups is 1. The van der Waals surface area contributed by atoms with Gasteiger partial charge in [0.05, 0.1) is 11.6 Å². The van der Waals surface area contributed by atoms with Crippen LogP contribution < -0.4 is 24.5 Å². The molecule has 0 radical (unpaired) electrons. The molecule has 2 saturated heterocycles. The molecule has 0 aliphatic carbocycles. The lowest BCUT2D eigenvalue weighted by atomic mass is 10.1. The van der Waals surface area contributed by atoms with Crippen molar-refractivity contribution in [3.63, 3.8) is 0 Å². The van der Waals surface area contributed by atoms with E-state index in [9.17, 15) is 4.79 Å². The Labute approximate surface area is 286 Å². The Hall–Kier alpha value is -3.73. The minimum atomic E-state index is -0.959. The van der Waals surface area contributed by atoms with Crippen molar-refractivity contribution in [2.24, 2.45) is 0 Å². The van der Waals surface area contributed by atoms with Crippen molar-refractivity contribution in [3.8, 4) is 17.2 Å². The van der Waals surface area contributed by atoms with Crippen LogP contribution in [-0.4, -0.2) is 69.6 Å². The fourth-order valence-corrected chi connectivity index (χ4v) is 6.05. The van der Waals surface area contributed by atoms with Gasteiger partial charge >= 0.3 is 0 Å². The van der Waals surface area contributed by atoms with Gasteiger partial charge in [-0.1, -0.05) is 60.6 Å². The fraction of sp³-hybridized carbons (Fsp3) is 0.361. The summed E-state index contributed by atoms with van der Waals surface area (Å²) in [7, 11) is 0. The van der Waals surface area contributed by atoms with Crippen LogP contribution in [0.25, 0.3) is 0 Å². The molecule has 0 spiro atoms. The number of rotatable bonds is 15. The monoisotopic (exact) mass is 681 g/mol. The second-order valence-corrected chi connectivity index (χ2v) is 12.3. The van der Waals surface area contributed by atoms with Gasteiger partial charge in [-0.3, -0.25) is 10.2 Å². The van der Waals surface area contributed by atoms with Gasteiger partial charge in [0.15, 0.2) is 17.3 Å². The Morgan fingerprint density at radius 3 is 2.38 bits per heavy atom. The van der Waals surface area contributed by atoms with E-state index in [1.54, 1.807) is 24.3 Å². The number of hydrogen-bond donors (Lipinski definition) is 1. The molecule has 0 aromatic heterocycles. The number of aryl methyl sites for hydroxylation is 1. The topological polar surface area (TPSA) is 81.7 Å². The Balaban J connectivity index is 1.03. The minimum absolute atomic E-state index is 0.0197. The summed E-state index contributed by atoms with van der Waals surface area (Å²) in [6.45, 7) is 13.7. The second kappa shape index (κ2) is 16.4. The van der Waals surface area contributed by atoms with E-state index in [0.717, 1.165) is 35.7 Å². The molecule has 2 atom stereocenters. The number of nitrogens with one attached hydrogen (secondary N) is 1. The first-order chi connectivity index (χ1) is 22.8. The van der Waals surface area contributed by atoms with Crippen molar-refractivity contribution >= 4 is 34.8 Å². The molecule has 9 nitrogen and oxygen atoms in total. The summed E-state index contributed by atoms with van der Waals surface area (Å²) < 4.78 is 29.6. The summed E-state index contributed by atoms with van der Waals surface area (Å²) in [4.78, 5) is 15.0. The standard InChI is InChI=1S/C36H41Cl2N3O6/c1-4-20-43-33-14-6-26(22-34(33)44-21-5-2)7-15-35(42)39-41-18-16-40(17-19-41)28-9-11-29(12-10-28)45-24-30-25-46-36(3,47-30)31-13-8-27(37)23-32(31)38/h4-6,8-14,22-23,30H,1-2,7,15-21,24-25H2,3H3,(H,39,42)/t30-,36+/m1/s1. The number of carbonyl (C=O) groups is 1.